The Labute approximate surface area is 141 Å². The van der Waals surface area contributed by atoms with E-state index in [1.807, 2.05) is 31.2 Å². The number of nitrogens with one attached hydrogen (secondary N) is 2. The Balaban J connectivity index is 2.07. The van der Waals surface area contributed by atoms with Crippen LogP contribution in [0.3, 0.4) is 0 Å². The lowest BCUT2D eigenvalue weighted by Gasteiger charge is -2.07. The van der Waals surface area contributed by atoms with Crippen molar-refractivity contribution < 1.29 is 14.3 Å². The second-order valence-corrected chi connectivity index (χ2v) is 5.31. The number of hydrogen-bond acceptors (Lipinski definition) is 3. The summed E-state index contributed by atoms with van der Waals surface area (Å²) in [6.07, 6.45) is 1.53. The Morgan fingerprint density at radius 3 is 2.17 bits per heavy atom. The molecule has 124 valence electrons. The molecule has 0 atom stereocenters. The topological polar surface area (TPSA) is 67.4 Å². The number of methoxy groups -OCH3 is 1. The summed E-state index contributed by atoms with van der Waals surface area (Å²) >= 11 is 0. The summed E-state index contributed by atoms with van der Waals surface area (Å²) in [4.78, 5) is 23.2. The minimum atomic E-state index is -0.233. The molecule has 0 heterocycles. The van der Waals surface area contributed by atoms with Gasteiger partial charge in [0.2, 0.25) is 11.8 Å². The zero-order valence-electron chi connectivity index (χ0n) is 13.9. The van der Waals surface area contributed by atoms with Gasteiger partial charge in [-0.3, -0.25) is 9.59 Å². The molecule has 2 N–H and O–H groups in total. The van der Waals surface area contributed by atoms with Crippen LogP contribution in [0.1, 0.15) is 19.4 Å². The molecule has 0 aliphatic heterocycles. The molecule has 0 radical (unpaired) electrons. The minimum absolute atomic E-state index is 0.159. The van der Waals surface area contributed by atoms with Gasteiger partial charge < -0.3 is 15.4 Å². The smallest absolute Gasteiger partial charge is 0.248 e. The quantitative estimate of drug-likeness (QED) is 0.824. The number of rotatable bonds is 5. The van der Waals surface area contributed by atoms with Crippen molar-refractivity contribution in [2.75, 3.05) is 17.7 Å². The van der Waals surface area contributed by atoms with Crippen LogP contribution >= 0.6 is 0 Å². The van der Waals surface area contributed by atoms with Crippen molar-refractivity contribution in [2.45, 2.75) is 13.8 Å². The molecule has 24 heavy (non-hydrogen) atoms. The van der Waals surface area contributed by atoms with Gasteiger partial charge >= 0.3 is 0 Å². The van der Waals surface area contributed by atoms with Gasteiger partial charge in [-0.25, -0.2) is 0 Å². The van der Waals surface area contributed by atoms with E-state index in [9.17, 15) is 9.59 Å². The van der Waals surface area contributed by atoms with E-state index in [-0.39, 0.29) is 11.8 Å². The first-order chi connectivity index (χ1) is 11.5. The monoisotopic (exact) mass is 324 g/mol. The SMILES string of the molecule is COc1ccc(/C(C)=C/C(=O)Nc2cccc(NC(C)=O)c2)cc1. The first kappa shape index (κ1) is 17.3. The molecular weight excluding hydrogens is 304 g/mol. The van der Waals surface area contributed by atoms with Crippen molar-refractivity contribution in [3.05, 3.63) is 60.2 Å². The van der Waals surface area contributed by atoms with E-state index in [4.69, 9.17) is 4.74 Å². The van der Waals surface area contributed by atoms with Crippen LogP contribution in [-0.4, -0.2) is 18.9 Å². The van der Waals surface area contributed by atoms with Crippen molar-refractivity contribution in [3.63, 3.8) is 0 Å². The van der Waals surface area contributed by atoms with Gasteiger partial charge in [0.15, 0.2) is 0 Å². The van der Waals surface area contributed by atoms with E-state index in [1.165, 1.54) is 13.0 Å². The highest BCUT2D eigenvalue weighted by Crippen LogP contribution is 2.19. The number of carbonyl (C=O) groups is 2. The lowest BCUT2D eigenvalue weighted by molar-refractivity contribution is -0.114. The maximum Gasteiger partial charge on any atom is 0.248 e. The van der Waals surface area contributed by atoms with Crippen LogP contribution in [0.5, 0.6) is 5.75 Å². The Morgan fingerprint density at radius 1 is 0.958 bits per heavy atom. The third kappa shape index (κ3) is 4.98. The largest absolute Gasteiger partial charge is 0.497 e. The summed E-state index contributed by atoms with van der Waals surface area (Å²) < 4.78 is 5.12. The normalized spacial score (nSPS) is 10.9. The Kier molecular flexibility index (Phi) is 5.73. The summed E-state index contributed by atoms with van der Waals surface area (Å²) in [6, 6.07) is 14.5. The fraction of sp³-hybridized carbons (Fsp3) is 0.158. The summed E-state index contributed by atoms with van der Waals surface area (Å²) in [6.45, 7) is 3.31. The van der Waals surface area contributed by atoms with Gasteiger partial charge in [0.25, 0.3) is 0 Å². The molecule has 0 saturated heterocycles. The third-order valence-electron chi connectivity index (χ3n) is 3.34. The molecule has 0 aliphatic rings. The van der Waals surface area contributed by atoms with E-state index in [0.29, 0.717) is 11.4 Å². The molecule has 0 saturated carbocycles. The predicted octanol–water partition coefficient (Wildman–Crippen LogP) is 3.70. The van der Waals surface area contributed by atoms with Crippen LogP contribution in [0.2, 0.25) is 0 Å². The summed E-state index contributed by atoms with van der Waals surface area (Å²) in [5, 5.41) is 5.47. The molecule has 0 unspecified atom stereocenters. The van der Waals surface area contributed by atoms with E-state index < -0.39 is 0 Å². The number of amides is 2. The Hall–Kier alpha value is -3.08. The van der Waals surface area contributed by atoms with E-state index in [0.717, 1.165) is 16.9 Å². The molecule has 2 aromatic carbocycles. The molecule has 5 heteroatoms. The van der Waals surface area contributed by atoms with Crippen molar-refractivity contribution >= 4 is 28.8 Å². The summed E-state index contributed by atoms with van der Waals surface area (Å²) in [5.74, 6) is 0.378. The Morgan fingerprint density at radius 2 is 1.58 bits per heavy atom. The number of anilines is 2. The van der Waals surface area contributed by atoms with Gasteiger partial charge in [-0.15, -0.1) is 0 Å². The molecule has 2 rings (SSSR count). The number of allylic oxidation sites excluding steroid dienone is 1. The molecule has 0 fully saturated rings. The van der Waals surface area contributed by atoms with Crippen molar-refractivity contribution in [3.8, 4) is 5.75 Å². The van der Waals surface area contributed by atoms with Crippen LogP contribution < -0.4 is 15.4 Å². The maximum atomic E-state index is 12.2. The number of hydrogen-bond donors (Lipinski definition) is 2. The summed E-state index contributed by atoms with van der Waals surface area (Å²) in [5.41, 5.74) is 3.03. The first-order valence-electron chi connectivity index (χ1n) is 7.49. The van der Waals surface area contributed by atoms with Gasteiger partial charge in [0, 0.05) is 24.4 Å². The average molecular weight is 324 g/mol. The fourth-order valence-corrected chi connectivity index (χ4v) is 2.19. The molecule has 5 nitrogen and oxygen atoms in total. The van der Waals surface area contributed by atoms with Gasteiger partial charge in [-0.1, -0.05) is 18.2 Å². The molecular formula is C19H20N2O3. The van der Waals surface area contributed by atoms with Crippen LogP contribution in [0, 0.1) is 0 Å². The van der Waals surface area contributed by atoms with E-state index >= 15 is 0 Å². The van der Waals surface area contributed by atoms with Gasteiger partial charge in [0.1, 0.15) is 5.75 Å². The zero-order chi connectivity index (χ0) is 17.5. The van der Waals surface area contributed by atoms with Crippen molar-refractivity contribution in [1.29, 1.82) is 0 Å². The van der Waals surface area contributed by atoms with Gasteiger partial charge in [-0.2, -0.15) is 0 Å². The molecule has 2 aromatic rings. The highest BCUT2D eigenvalue weighted by Gasteiger charge is 2.03. The van der Waals surface area contributed by atoms with Crippen LogP contribution in [0.15, 0.2) is 54.6 Å². The average Bonchev–Trinajstić information content (AvgIpc) is 2.54. The maximum absolute atomic E-state index is 12.2. The van der Waals surface area contributed by atoms with E-state index in [2.05, 4.69) is 10.6 Å². The molecule has 0 spiro atoms. The van der Waals surface area contributed by atoms with E-state index in [1.54, 1.807) is 31.4 Å². The highest BCUT2D eigenvalue weighted by molar-refractivity contribution is 6.04. The molecule has 2 amide bonds. The Bertz CT molecular complexity index is 764. The van der Waals surface area contributed by atoms with Gasteiger partial charge in [-0.05, 0) is 48.4 Å². The second-order valence-electron chi connectivity index (χ2n) is 5.31. The van der Waals surface area contributed by atoms with Crippen LogP contribution in [0.25, 0.3) is 5.57 Å². The first-order valence-corrected chi connectivity index (χ1v) is 7.49. The number of benzene rings is 2. The molecule has 0 bridgehead atoms. The standard InChI is InChI=1S/C19H20N2O3/c1-13(15-7-9-18(24-3)10-8-15)11-19(23)21-17-6-4-5-16(12-17)20-14(2)22/h4-12H,1-3H3,(H,20,22)(H,21,23)/b13-11+. The summed E-state index contributed by atoms with van der Waals surface area (Å²) in [7, 11) is 1.61. The number of ether oxygens (including phenoxy) is 1. The lowest BCUT2D eigenvalue weighted by atomic mass is 10.1. The molecule has 0 aromatic heterocycles. The van der Waals surface area contributed by atoms with Crippen LogP contribution in [-0.2, 0) is 9.59 Å². The zero-order valence-corrected chi connectivity index (χ0v) is 13.9. The predicted molar refractivity (Wildman–Crippen MR) is 96.0 cm³/mol. The minimum Gasteiger partial charge on any atom is -0.497 e. The van der Waals surface area contributed by atoms with Gasteiger partial charge in [0.05, 0.1) is 7.11 Å². The third-order valence-corrected chi connectivity index (χ3v) is 3.34. The van der Waals surface area contributed by atoms with Crippen molar-refractivity contribution in [1.82, 2.24) is 0 Å². The fourth-order valence-electron chi connectivity index (χ4n) is 2.19. The number of carbonyl (C=O) groups excluding carboxylic acids is 2. The van der Waals surface area contributed by atoms with Crippen LogP contribution in [0.4, 0.5) is 11.4 Å². The molecule has 0 aliphatic carbocycles. The lowest BCUT2D eigenvalue weighted by Crippen LogP contribution is -2.10. The second kappa shape index (κ2) is 7.97. The van der Waals surface area contributed by atoms with Crippen molar-refractivity contribution in [2.24, 2.45) is 0 Å². The highest BCUT2D eigenvalue weighted by atomic mass is 16.5.